The molecule has 0 aliphatic carbocycles. The average molecular weight is 363 g/mol. The number of aryl methyl sites for hydroxylation is 1. The van der Waals surface area contributed by atoms with Crippen molar-refractivity contribution in [2.75, 3.05) is 0 Å². The van der Waals surface area contributed by atoms with Crippen LogP contribution in [-0.2, 0) is 24.4 Å². The van der Waals surface area contributed by atoms with Gasteiger partial charge in [-0.1, -0.05) is 60.7 Å². The Morgan fingerprint density at radius 1 is 0.815 bits per heavy atom. The van der Waals surface area contributed by atoms with Gasteiger partial charge in [-0.2, -0.15) is 0 Å². The number of amides is 1. The minimum absolute atomic E-state index is 0.1000. The highest BCUT2D eigenvalue weighted by molar-refractivity contribution is 5.76. The second kappa shape index (κ2) is 9.53. The Kier molecular flexibility index (Phi) is 6.58. The maximum atomic E-state index is 13.6. The summed E-state index contributed by atoms with van der Waals surface area (Å²) >= 11 is 0. The van der Waals surface area contributed by atoms with Crippen LogP contribution in [0.25, 0.3) is 0 Å². The van der Waals surface area contributed by atoms with E-state index in [9.17, 15) is 9.18 Å². The number of carbonyl (C=O) groups excluding carboxylic acids is 1. The molecule has 0 radical (unpaired) electrons. The molecule has 27 heavy (non-hydrogen) atoms. The van der Waals surface area contributed by atoms with Crippen LogP contribution in [0.5, 0.6) is 5.75 Å². The van der Waals surface area contributed by atoms with Crippen LogP contribution in [0.4, 0.5) is 4.39 Å². The van der Waals surface area contributed by atoms with Crippen molar-refractivity contribution in [3.05, 3.63) is 101 Å². The largest absolute Gasteiger partial charge is 0.489 e. The molecule has 0 aromatic heterocycles. The lowest BCUT2D eigenvalue weighted by molar-refractivity contribution is -0.121. The van der Waals surface area contributed by atoms with Crippen molar-refractivity contribution in [1.82, 2.24) is 5.32 Å². The summed E-state index contributed by atoms with van der Waals surface area (Å²) in [5.74, 6) is 0.437. The van der Waals surface area contributed by atoms with Crippen molar-refractivity contribution in [2.45, 2.75) is 26.0 Å². The van der Waals surface area contributed by atoms with Gasteiger partial charge in [0.2, 0.25) is 5.91 Å². The monoisotopic (exact) mass is 363 g/mol. The standard InChI is InChI=1S/C23H22FNO2/c24-22-13-7-6-8-18(22)14-15-23(26)25-16-19-9-4-5-10-20(19)17-27-21-11-2-1-3-12-21/h1-13H,14-17H2,(H,25,26). The van der Waals surface area contributed by atoms with Crippen LogP contribution >= 0.6 is 0 Å². The molecule has 0 bridgehead atoms. The maximum Gasteiger partial charge on any atom is 0.220 e. The fourth-order valence-electron chi connectivity index (χ4n) is 2.78. The van der Waals surface area contributed by atoms with Gasteiger partial charge in [-0.15, -0.1) is 0 Å². The molecular weight excluding hydrogens is 341 g/mol. The van der Waals surface area contributed by atoms with Crippen molar-refractivity contribution in [3.63, 3.8) is 0 Å². The van der Waals surface area contributed by atoms with Gasteiger partial charge >= 0.3 is 0 Å². The first kappa shape index (κ1) is 18.6. The maximum absolute atomic E-state index is 13.6. The zero-order valence-corrected chi connectivity index (χ0v) is 15.0. The molecular formula is C23H22FNO2. The number of hydrogen-bond acceptors (Lipinski definition) is 2. The van der Waals surface area contributed by atoms with Gasteiger partial charge in [0.1, 0.15) is 18.2 Å². The number of hydrogen-bond donors (Lipinski definition) is 1. The molecule has 0 saturated heterocycles. The average Bonchev–Trinajstić information content (AvgIpc) is 2.71. The summed E-state index contributed by atoms with van der Waals surface area (Å²) in [5.41, 5.74) is 2.59. The molecule has 0 spiro atoms. The first-order valence-electron chi connectivity index (χ1n) is 8.97. The van der Waals surface area contributed by atoms with Crippen LogP contribution in [-0.4, -0.2) is 5.91 Å². The third-order valence-electron chi connectivity index (χ3n) is 4.31. The lowest BCUT2D eigenvalue weighted by atomic mass is 10.1. The number of benzene rings is 3. The van der Waals surface area contributed by atoms with E-state index < -0.39 is 0 Å². The summed E-state index contributed by atoms with van der Waals surface area (Å²) in [4.78, 5) is 12.1. The molecule has 3 nitrogen and oxygen atoms in total. The summed E-state index contributed by atoms with van der Waals surface area (Å²) in [6.07, 6.45) is 0.640. The molecule has 1 N–H and O–H groups in total. The predicted molar refractivity (Wildman–Crippen MR) is 104 cm³/mol. The van der Waals surface area contributed by atoms with Gasteiger partial charge < -0.3 is 10.1 Å². The van der Waals surface area contributed by atoms with Gasteiger partial charge in [-0.3, -0.25) is 4.79 Å². The van der Waals surface area contributed by atoms with Crippen LogP contribution in [0.2, 0.25) is 0 Å². The second-order valence-electron chi connectivity index (χ2n) is 6.24. The van der Waals surface area contributed by atoms with Crippen LogP contribution in [0.1, 0.15) is 23.1 Å². The minimum Gasteiger partial charge on any atom is -0.489 e. The van der Waals surface area contributed by atoms with E-state index in [2.05, 4.69) is 5.32 Å². The van der Waals surface area contributed by atoms with Crippen molar-refractivity contribution in [1.29, 1.82) is 0 Å². The SMILES string of the molecule is O=C(CCc1ccccc1F)NCc1ccccc1COc1ccccc1. The number of carbonyl (C=O) groups is 1. The van der Waals surface area contributed by atoms with E-state index in [0.29, 0.717) is 25.1 Å². The Morgan fingerprint density at radius 3 is 2.19 bits per heavy atom. The predicted octanol–water partition coefficient (Wildman–Crippen LogP) is 4.65. The van der Waals surface area contributed by atoms with Crippen LogP contribution in [0.3, 0.4) is 0 Å². The van der Waals surface area contributed by atoms with Crippen molar-refractivity contribution in [3.8, 4) is 5.75 Å². The number of nitrogens with one attached hydrogen (secondary N) is 1. The highest BCUT2D eigenvalue weighted by Gasteiger charge is 2.08. The molecule has 0 heterocycles. The lowest BCUT2D eigenvalue weighted by Crippen LogP contribution is -2.24. The van der Waals surface area contributed by atoms with Crippen molar-refractivity contribution in [2.24, 2.45) is 0 Å². The summed E-state index contributed by atoms with van der Waals surface area (Å²) < 4.78 is 19.4. The molecule has 138 valence electrons. The number of rotatable bonds is 8. The van der Waals surface area contributed by atoms with Crippen LogP contribution < -0.4 is 10.1 Å². The Morgan fingerprint density at radius 2 is 1.44 bits per heavy atom. The molecule has 1 amide bonds. The molecule has 0 saturated carbocycles. The van der Waals surface area contributed by atoms with E-state index in [0.717, 1.165) is 16.9 Å². The minimum atomic E-state index is -0.270. The fourth-order valence-corrected chi connectivity index (χ4v) is 2.78. The first-order valence-corrected chi connectivity index (χ1v) is 8.97. The third kappa shape index (κ3) is 5.68. The smallest absolute Gasteiger partial charge is 0.220 e. The fraction of sp³-hybridized carbons (Fsp3) is 0.174. The Balaban J connectivity index is 1.51. The molecule has 0 fully saturated rings. The zero-order valence-electron chi connectivity index (χ0n) is 15.0. The topological polar surface area (TPSA) is 38.3 Å². The van der Waals surface area contributed by atoms with Gasteiger partial charge in [-0.05, 0) is 41.3 Å². The van der Waals surface area contributed by atoms with Gasteiger partial charge in [-0.25, -0.2) is 4.39 Å². The molecule has 3 rings (SSSR count). The van der Waals surface area contributed by atoms with E-state index in [1.807, 2.05) is 54.6 Å². The van der Waals surface area contributed by atoms with E-state index in [-0.39, 0.29) is 18.1 Å². The molecule has 3 aromatic rings. The normalized spacial score (nSPS) is 10.4. The van der Waals surface area contributed by atoms with E-state index in [1.54, 1.807) is 18.2 Å². The van der Waals surface area contributed by atoms with Crippen molar-refractivity contribution < 1.29 is 13.9 Å². The number of ether oxygens (including phenoxy) is 1. The summed E-state index contributed by atoms with van der Waals surface area (Å²) in [7, 11) is 0. The van der Waals surface area contributed by atoms with E-state index in [1.165, 1.54) is 6.07 Å². The van der Waals surface area contributed by atoms with Crippen molar-refractivity contribution >= 4 is 5.91 Å². The summed E-state index contributed by atoms with van der Waals surface area (Å²) in [5, 5.41) is 2.91. The lowest BCUT2D eigenvalue weighted by Gasteiger charge is -2.12. The molecule has 0 unspecified atom stereocenters. The van der Waals surface area contributed by atoms with Gasteiger partial charge in [0.05, 0.1) is 0 Å². The molecule has 0 aliphatic rings. The molecule has 0 aliphatic heterocycles. The quantitative estimate of drug-likeness (QED) is 0.632. The molecule has 3 aromatic carbocycles. The Bertz CT molecular complexity index is 880. The first-order chi connectivity index (χ1) is 13.2. The van der Waals surface area contributed by atoms with Gasteiger partial charge in [0, 0.05) is 13.0 Å². The highest BCUT2D eigenvalue weighted by atomic mass is 19.1. The molecule has 4 heteroatoms. The zero-order chi connectivity index (χ0) is 18.9. The van der Waals surface area contributed by atoms with Crippen LogP contribution in [0.15, 0.2) is 78.9 Å². The van der Waals surface area contributed by atoms with E-state index in [4.69, 9.17) is 4.74 Å². The summed E-state index contributed by atoms with van der Waals surface area (Å²) in [6.45, 7) is 0.857. The number of para-hydroxylation sites is 1. The highest BCUT2D eigenvalue weighted by Crippen LogP contribution is 2.15. The van der Waals surface area contributed by atoms with Gasteiger partial charge in [0.15, 0.2) is 0 Å². The number of halogens is 1. The summed E-state index contributed by atoms with van der Waals surface area (Å²) in [6, 6.07) is 24.0. The Hall–Kier alpha value is -3.14. The van der Waals surface area contributed by atoms with Gasteiger partial charge in [0.25, 0.3) is 0 Å². The second-order valence-corrected chi connectivity index (χ2v) is 6.24. The third-order valence-corrected chi connectivity index (χ3v) is 4.31. The molecule has 0 atom stereocenters. The van der Waals surface area contributed by atoms with Crippen LogP contribution in [0, 0.1) is 5.82 Å². The Labute approximate surface area is 158 Å². The van der Waals surface area contributed by atoms with E-state index >= 15 is 0 Å².